The van der Waals surface area contributed by atoms with Gasteiger partial charge in [0, 0.05) is 12.4 Å². The Hall–Kier alpha value is -2.99. The number of nitrogens with zero attached hydrogens (tertiary/aromatic N) is 3. The highest BCUT2D eigenvalue weighted by molar-refractivity contribution is 7.18. The number of pyridine rings is 1. The van der Waals surface area contributed by atoms with Crippen molar-refractivity contribution in [2.75, 3.05) is 0 Å². The molecule has 5 nitrogen and oxygen atoms in total. The first-order chi connectivity index (χ1) is 11.6. The van der Waals surface area contributed by atoms with Crippen molar-refractivity contribution < 1.29 is 5.11 Å². The van der Waals surface area contributed by atoms with Gasteiger partial charge in [0.05, 0.1) is 4.88 Å². The van der Waals surface area contributed by atoms with E-state index >= 15 is 0 Å². The molecule has 0 unspecified atom stereocenters. The molecule has 1 aromatic carbocycles. The van der Waals surface area contributed by atoms with Gasteiger partial charge in [0.2, 0.25) is 5.75 Å². The summed E-state index contributed by atoms with van der Waals surface area (Å²) in [6.45, 7) is 1.88. The molecule has 24 heavy (non-hydrogen) atoms. The van der Waals surface area contributed by atoms with E-state index in [0.717, 1.165) is 16.0 Å². The van der Waals surface area contributed by atoms with Crippen LogP contribution in [0, 0.1) is 6.92 Å². The Morgan fingerprint density at radius 2 is 1.92 bits per heavy atom. The number of rotatable bonds is 2. The fourth-order valence-corrected chi connectivity index (χ4v) is 3.42. The van der Waals surface area contributed by atoms with E-state index in [0.29, 0.717) is 10.7 Å². The highest BCUT2D eigenvalue weighted by atomic mass is 32.1. The Balaban J connectivity index is 1.88. The zero-order valence-electron chi connectivity index (χ0n) is 12.8. The van der Waals surface area contributed by atoms with Crippen molar-refractivity contribution >= 4 is 17.0 Å². The summed E-state index contributed by atoms with van der Waals surface area (Å²) in [4.78, 5) is 22.1. The van der Waals surface area contributed by atoms with Crippen LogP contribution in [-0.4, -0.2) is 19.5 Å². The Labute approximate surface area is 141 Å². The predicted octanol–water partition coefficient (Wildman–Crippen LogP) is 3.50. The van der Waals surface area contributed by atoms with E-state index in [9.17, 15) is 9.90 Å². The predicted molar refractivity (Wildman–Crippen MR) is 94.4 cm³/mol. The van der Waals surface area contributed by atoms with Crippen molar-refractivity contribution in [3.8, 4) is 26.9 Å². The fourth-order valence-electron chi connectivity index (χ4n) is 2.50. The maximum atomic E-state index is 12.4. The van der Waals surface area contributed by atoms with Crippen LogP contribution in [0.5, 0.6) is 5.75 Å². The van der Waals surface area contributed by atoms with Crippen molar-refractivity contribution in [2.45, 2.75) is 6.92 Å². The third kappa shape index (κ3) is 2.37. The molecule has 3 aromatic heterocycles. The fraction of sp³-hybridized carbons (Fsp3) is 0.0556. The number of benzene rings is 1. The summed E-state index contributed by atoms with van der Waals surface area (Å²) in [5.74, 6) is -0.382. The zero-order chi connectivity index (χ0) is 16.7. The van der Waals surface area contributed by atoms with Crippen molar-refractivity contribution in [1.29, 1.82) is 0 Å². The molecule has 0 bridgehead atoms. The molecule has 0 aliphatic heterocycles. The average molecular weight is 335 g/mol. The Morgan fingerprint density at radius 1 is 1.12 bits per heavy atom. The highest BCUT2D eigenvalue weighted by Gasteiger charge is 2.17. The van der Waals surface area contributed by atoms with Gasteiger partial charge in [-0.05, 0) is 24.1 Å². The van der Waals surface area contributed by atoms with Crippen LogP contribution in [0.15, 0.2) is 59.7 Å². The molecule has 0 radical (unpaired) electrons. The van der Waals surface area contributed by atoms with Crippen molar-refractivity contribution in [3.63, 3.8) is 0 Å². The van der Waals surface area contributed by atoms with Crippen LogP contribution >= 0.6 is 11.3 Å². The van der Waals surface area contributed by atoms with Gasteiger partial charge in [-0.3, -0.25) is 9.20 Å². The summed E-state index contributed by atoms with van der Waals surface area (Å²) in [7, 11) is 0. The van der Waals surface area contributed by atoms with Crippen LogP contribution < -0.4 is 5.56 Å². The summed E-state index contributed by atoms with van der Waals surface area (Å²) in [6.07, 6.45) is 3.39. The smallest absolute Gasteiger partial charge is 0.300 e. The molecule has 0 atom stereocenters. The molecular formula is C18H13N3O2S. The number of hydrogen-bond acceptors (Lipinski definition) is 5. The lowest BCUT2D eigenvalue weighted by molar-refractivity contribution is 0.465. The number of aromatic hydroxyl groups is 1. The Bertz CT molecular complexity index is 1100. The quantitative estimate of drug-likeness (QED) is 0.609. The third-order valence-electron chi connectivity index (χ3n) is 3.71. The van der Waals surface area contributed by atoms with Crippen LogP contribution in [0.4, 0.5) is 0 Å². The molecule has 0 amide bonds. The molecular weight excluding hydrogens is 322 g/mol. The summed E-state index contributed by atoms with van der Waals surface area (Å²) >= 11 is 1.39. The maximum Gasteiger partial charge on any atom is 0.300 e. The second-order valence-corrected chi connectivity index (χ2v) is 6.48. The zero-order valence-corrected chi connectivity index (χ0v) is 13.6. The van der Waals surface area contributed by atoms with E-state index < -0.39 is 5.56 Å². The average Bonchev–Trinajstić information content (AvgIpc) is 3.09. The van der Waals surface area contributed by atoms with E-state index in [1.807, 2.05) is 43.3 Å². The van der Waals surface area contributed by atoms with Gasteiger partial charge in [-0.25, -0.2) is 9.97 Å². The summed E-state index contributed by atoms with van der Waals surface area (Å²) in [5, 5.41) is 10.8. The van der Waals surface area contributed by atoms with Crippen LogP contribution in [0.1, 0.15) is 5.56 Å². The van der Waals surface area contributed by atoms with Gasteiger partial charge in [-0.1, -0.05) is 36.4 Å². The molecule has 0 saturated carbocycles. The summed E-state index contributed by atoms with van der Waals surface area (Å²) in [6, 6.07) is 13.5. The van der Waals surface area contributed by atoms with Crippen molar-refractivity contribution in [2.24, 2.45) is 0 Å². The second kappa shape index (κ2) is 5.58. The molecule has 118 valence electrons. The lowest BCUT2D eigenvalue weighted by Gasteiger charge is -2.05. The maximum absolute atomic E-state index is 12.4. The third-order valence-corrected chi connectivity index (χ3v) is 4.77. The van der Waals surface area contributed by atoms with Crippen LogP contribution in [0.2, 0.25) is 0 Å². The monoisotopic (exact) mass is 335 g/mol. The SMILES string of the molecule is Cc1ccc2nc(-c3ncc(-c4ccccc4)s3)c(O)c(=O)n2c1. The second-order valence-electron chi connectivity index (χ2n) is 5.44. The highest BCUT2D eigenvalue weighted by Crippen LogP contribution is 2.33. The van der Waals surface area contributed by atoms with Crippen LogP contribution in [-0.2, 0) is 0 Å². The lowest BCUT2D eigenvalue weighted by Crippen LogP contribution is -2.15. The first-order valence-corrected chi connectivity index (χ1v) is 8.19. The molecule has 4 rings (SSSR count). The van der Waals surface area contributed by atoms with Crippen molar-refractivity contribution in [1.82, 2.24) is 14.4 Å². The summed E-state index contributed by atoms with van der Waals surface area (Å²) in [5.41, 5.74) is 2.16. The van der Waals surface area contributed by atoms with E-state index in [2.05, 4.69) is 9.97 Å². The number of thiazole rings is 1. The molecule has 0 spiro atoms. The number of aromatic nitrogens is 3. The van der Waals surface area contributed by atoms with Crippen molar-refractivity contribution in [3.05, 3.63) is 70.8 Å². The standard InChI is InChI=1S/C18H13N3O2S/c1-11-7-8-14-20-15(16(22)18(23)21(14)10-11)17-19-9-13(24-17)12-5-3-2-4-6-12/h2-10,22H,1H3. The molecule has 1 N–H and O–H groups in total. The van der Waals surface area contributed by atoms with Gasteiger partial charge in [-0.15, -0.1) is 11.3 Å². The minimum Gasteiger partial charge on any atom is -0.501 e. The van der Waals surface area contributed by atoms with E-state index in [1.54, 1.807) is 18.5 Å². The van der Waals surface area contributed by atoms with Gasteiger partial charge in [0.25, 0.3) is 0 Å². The first-order valence-electron chi connectivity index (χ1n) is 7.37. The number of aryl methyl sites for hydroxylation is 1. The molecule has 0 aliphatic rings. The number of hydrogen-bond donors (Lipinski definition) is 1. The Kier molecular flexibility index (Phi) is 3.39. The minimum absolute atomic E-state index is 0.219. The molecule has 0 fully saturated rings. The van der Waals surface area contributed by atoms with Gasteiger partial charge >= 0.3 is 5.56 Å². The topological polar surface area (TPSA) is 67.5 Å². The van der Waals surface area contributed by atoms with Gasteiger partial charge < -0.3 is 5.11 Å². The minimum atomic E-state index is -0.491. The largest absolute Gasteiger partial charge is 0.501 e. The molecule has 0 aliphatic carbocycles. The van der Waals surface area contributed by atoms with Gasteiger partial charge in [-0.2, -0.15) is 0 Å². The normalized spacial score (nSPS) is 11.0. The molecule has 6 heteroatoms. The van der Waals surface area contributed by atoms with E-state index in [1.165, 1.54) is 15.7 Å². The summed E-state index contributed by atoms with van der Waals surface area (Å²) < 4.78 is 1.35. The van der Waals surface area contributed by atoms with Crippen LogP contribution in [0.25, 0.3) is 26.8 Å². The number of fused-ring (bicyclic) bond motifs is 1. The van der Waals surface area contributed by atoms with E-state index in [-0.39, 0.29) is 11.4 Å². The molecule has 3 heterocycles. The van der Waals surface area contributed by atoms with E-state index in [4.69, 9.17) is 0 Å². The Morgan fingerprint density at radius 3 is 2.71 bits per heavy atom. The molecule has 4 aromatic rings. The van der Waals surface area contributed by atoms with Crippen LogP contribution in [0.3, 0.4) is 0 Å². The first kappa shape index (κ1) is 14.6. The molecule has 0 saturated heterocycles. The lowest BCUT2D eigenvalue weighted by atomic mass is 10.2. The van der Waals surface area contributed by atoms with Gasteiger partial charge in [0.1, 0.15) is 16.3 Å². The van der Waals surface area contributed by atoms with Gasteiger partial charge in [0.15, 0.2) is 0 Å².